The summed E-state index contributed by atoms with van der Waals surface area (Å²) in [6, 6.07) is 11.9. The van der Waals surface area contributed by atoms with Crippen molar-refractivity contribution in [2.24, 2.45) is 0 Å². The van der Waals surface area contributed by atoms with Gasteiger partial charge in [0.25, 0.3) is 0 Å². The molecule has 0 unspecified atom stereocenters. The van der Waals surface area contributed by atoms with Gasteiger partial charge in [-0.25, -0.2) is 4.98 Å². The van der Waals surface area contributed by atoms with Crippen LogP contribution in [-0.4, -0.2) is 36.4 Å². The highest BCUT2D eigenvalue weighted by Gasteiger charge is 2.26. The maximum absolute atomic E-state index is 12.8. The largest absolute Gasteiger partial charge is 0.353 e. The molecule has 1 saturated heterocycles. The zero-order valence-electron chi connectivity index (χ0n) is 14.6. The predicted octanol–water partition coefficient (Wildman–Crippen LogP) is 2.08. The molecule has 0 saturated carbocycles. The van der Waals surface area contributed by atoms with Gasteiger partial charge in [-0.3, -0.25) is 9.59 Å². The molecule has 1 fully saturated rings. The van der Waals surface area contributed by atoms with Crippen molar-refractivity contribution in [3.63, 3.8) is 0 Å². The molecule has 0 spiro atoms. The minimum atomic E-state index is -0.106. The Balaban J connectivity index is 1.45. The molecule has 0 bridgehead atoms. The molecule has 134 valence electrons. The average molecular weight is 350 g/mol. The molecule has 2 N–H and O–H groups in total. The zero-order valence-corrected chi connectivity index (χ0v) is 14.6. The topological polar surface area (TPSA) is 74.3 Å². The van der Waals surface area contributed by atoms with Gasteiger partial charge in [0.05, 0.1) is 24.3 Å². The summed E-state index contributed by atoms with van der Waals surface area (Å²) in [5.74, 6) is 0.668. The van der Waals surface area contributed by atoms with E-state index in [1.54, 1.807) is 6.20 Å². The van der Waals surface area contributed by atoms with Gasteiger partial charge in [-0.15, -0.1) is 0 Å². The molecule has 0 radical (unpaired) electrons. The summed E-state index contributed by atoms with van der Waals surface area (Å²) in [7, 11) is 0. The Morgan fingerprint density at radius 3 is 2.92 bits per heavy atom. The van der Waals surface area contributed by atoms with Gasteiger partial charge < -0.3 is 15.5 Å². The second kappa shape index (κ2) is 7.15. The summed E-state index contributed by atoms with van der Waals surface area (Å²) in [5.41, 5.74) is 3.10. The molecule has 6 heteroatoms. The summed E-state index contributed by atoms with van der Waals surface area (Å²) in [5, 5.41) is 5.79. The predicted molar refractivity (Wildman–Crippen MR) is 100 cm³/mol. The minimum Gasteiger partial charge on any atom is -0.353 e. The number of carbonyl (C=O) groups excluding carboxylic acids is 2. The first-order valence-electron chi connectivity index (χ1n) is 9.07. The molecule has 2 aromatic rings. The summed E-state index contributed by atoms with van der Waals surface area (Å²) < 4.78 is 0. The van der Waals surface area contributed by atoms with Crippen LogP contribution in [0.2, 0.25) is 0 Å². The number of pyridine rings is 1. The first-order valence-corrected chi connectivity index (χ1v) is 9.07. The molecule has 2 heterocycles. The van der Waals surface area contributed by atoms with E-state index < -0.39 is 0 Å². The summed E-state index contributed by atoms with van der Waals surface area (Å²) in [4.78, 5) is 30.6. The van der Waals surface area contributed by atoms with Gasteiger partial charge in [0.1, 0.15) is 5.82 Å². The van der Waals surface area contributed by atoms with E-state index in [-0.39, 0.29) is 17.7 Å². The standard InChI is InChI=1S/C20H22N4O2/c25-19-13-24(11-10-21-19)18-9-8-15(12-22-18)23-20(26)17-7-3-5-14-4-1-2-6-16(14)17/h1-2,4,6,8-9,12,17H,3,5,7,10-11,13H2,(H,21,25)(H,23,26)/t17-/m0/s1. The third kappa shape index (κ3) is 3.40. The highest BCUT2D eigenvalue weighted by atomic mass is 16.2. The van der Waals surface area contributed by atoms with Crippen LogP contribution in [0.5, 0.6) is 0 Å². The van der Waals surface area contributed by atoms with Gasteiger partial charge in [-0.2, -0.15) is 0 Å². The van der Waals surface area contributed by atoms with Crippen LogP contribution in [0.3, 0.4) is 0 Å². The monoisotopic (exact) mass is 350 g/mol. The number of fused-ring (bicyclic) bond motifs is 1. The van der Waals surface area contributed by atoms with Crippen molar-refractivity contribution in [2.75, 3.05) is 29.9 Å². The first-order chi connectivity index (χ1) is 12.7. The average Bonchev–Trinajstić information content (AvgIpc) is 2.68. The third-order valence-corrected chi connectivity index (χ3v) is 5.06. The van der Waals surface area contributed by atoms with E-state index in [0.29, 0.717) is 18.8 Å². The number of aryl methyl sites for hydroxylation is 1. The van der Waals surface area contributed by atoms with Crippen molar-refractivity contribution >= 4 is 23.3 Å². The van der Waals surface area contributed by atoms with Gasteiger partial charge in [-0.1, -0.05) is 24.3 Å². The Morgan fingerprint density at radius 2 is 2.12 bits per heavy atom. The molecular weight excluding hydrogens is 328 g/mol. The van der Waals surface area contributed by atoms with Crippen LogP contribution < -0.4 is 15.5 Å². The van der Waals surface area contributed by atoms with Crippen molar-refractivity contribution in [3.8, 4) is 0 Å². The Morgan fingerprint density at radius 1 is 1.23 bits per heavy atom. The Bertz CT molecular complexity index is 819. The number of rotatable bonds is 3. The van der Waals surface area contributed by atoms with Gasteiger partial charge in [0.15, 0.2) is 0 Å². The molecule has 4 rings (SSSR count). The number of amides is 2. The Labute approximate surface area is 152 Å². The van der Waals surface area contributed by atoms with E-state index in [1.807, 2.05) is 29.2 Å². The number of piperazine rings is 1. The van der Waals surface area contributed by atoms with E-state index in [4.69, 9.17) is 0 Å². The molecule has 2 aliphatic rings. The van der Waals surface area contributed by atoms with Crippen LogP contribution in [0.15, 0.2) is 42.6 Å². The number of carbonyl (C=O) groups is 2. The Hall–Kier alpha value is -2.89. The maximum Gasteiger partial charge on any atom is 0.239 e. The molecule has 1 aromatic carbocycles. The fraction of sp³-hybridized carbons (Fsp3) is 0.350. The number of nitrogens with zero attached hydrogens (tertiary/aromatic N) is 2. The molecule has 1 aliphatic carbocycles. The van der Waals surface area contributed by atoms with Crippen LogP contribution in [0.4, 0.5) is 11.5 Å². The fourth-order valence-electron chi connectivity index (χ4n) is 3.74. The second-order valence-electron chi connectivity index (χ2n) is 6.81. The summed E-state index contributed by atoms with van der Waals surface area (Å²) in [6.07, 6.45) is 4.61. The molecule has 1 aliphatic heterocycles. The van der Waals surface area contributed by atoms with E-state index in [0.717, 1.165) is 37.2 Å². The molecule has 2 amide bonds. The summed E-state index contributed by atoms with van der Waals surface area (Å²) >= 11 is 0. The highest BCUT2D eigenvalue weighted by molar-refractivity contribution is 5.96. The quantitative estimate of drug-likeness (QED) is 0.889. The van der Waals surface area contributed by atoms with E-state index in [2.05, 4.69) is 27.8 Å². The van der Waals surface area contributed by atoms with Crippen LogP contribution >= 0.6 is 0 Å². The molecular formula is C20H22N4O2. The smallest absolute Gasteiger partial charge is 0.239 e. The first kappa shape index (κ1) is 16.6. The van der Waals surface area contributed by atoms with Gasteiger partial charge in [-0.05, 0) is 42.5 Å². The number of hydrogen-bond donors (Lipinski definition) is 2. The fourth-order valence-corrected chi connectivity index (χ4v) is 3.74. The normalized spacial score (nSPS) is 19.5. The highest BCUT2D eigenvalue weighted by Crippen LogP contribution is 2.32. The van der Waals surface area contributed by atoms with Crippen LogP contribution in [0.25, 0.3) is 0 Å². The lowest BCUT2D eigenvalue weighted by atomic mass is 9.82. The van der Waals surface area contributed by atoms with Gasteiger partial charge in [0, 0.05) is 13.1 Å². The van der Waals surface area contributed by atoms with Crippen molar-refractivity contribution < 1.29 is 9.59 Å². The number of aromatic nitrogens is 1. The second-order valence-corrected chi connectivity index (χ2v) is 6.81. The van der Waals surface area contributed by atoms with Crippen molar-refractivity contribution in [2.45, 2.75) is 25.2 Å². The van der Waals surface area contributed by atoms with E-state index in [9.17, 15) is 9.59 Å². The van der Waals surface area contributed by atoms with Crippen LogP contribution in [0.1, 0.15) is 29.9 Å². The van der Waals surface area contributed by atoms with E-state index >= 15 is 0 Å². The maximum atomic E-state index is 12.8. The number of benzene rings is 1. The lowest BCUT2D eigenvalue weighted by Crippen LogP contribution is -2.48. The van der Waals surface area contributed by atoms with Gasteiger partial charge >= 0.3 is 0 Å². The number of hydrogen-bond acceptors (Lipinski definition) is 4. The van der Waals surface area contributed by atoms with Crippen LogP contribution in [0, 0.1) is 0 Å². The van der Waals surface area contributed by atoms with Crippen molar-refractivity contribution in [1.82, 2.24) is 10.3 Å². The molecule has 6 nitrogen and oxygen atoms in total. The number of anilines is 2. The lowest BCUT2D eigenvalue weighted by Gasteiger charge is -2.27. The number of nitrogens with one attached hydrogen (secondary N) is 2. The van der Waals surface area contributed by atoms with Crippen molar-refractivity contribution in [3.05, 3.63) is 53.7 Å². The third-order valence-electron chi connectivity index (χ3n) is 5.06. The van der Waals surface area contributed by atoms with E-state index in [1.165, 1.54) is 5.56 Å². The minimum absolute atomic E-state index is 0.00592. The lowest BCUT2D eigenvalue weighted by molar-refractivity contribution is -0.120. The molecule has 26 heavy (non-hydrogen) atoms. The molecule has 1 aromatic heterocycles. The van der Waals surface area contributed by atoms with Crippen molar-refractivity contribution in [1.29, 1.82) is 0 Å². The zero-order chi connectivity index (χ0) is 17.9. The summed E-state index contributed by atoms with van der Waals surface area (Å²) in [6.45, 7) is 1.68. The molecule has 1 atom stereocenters. The van der Waals surface area contributed by atoms with Gasteiger partial charge in [0.2, 0.25) is 11.8 Å². The SMILES string of the molecule is O=C1CN(c2ccc(NC(=O)[C@H]3CCCc4ccccc43)cn2)CCN1. The Kier molecular flexibility index (Phi) is 4.56. The van der Waals surface area contributed by atoms with Crippen LogP contribution in [-0.2, 0) is 16.0 Å².